The number of hydrogen-bond donors (Lipinski definition) is 0. The van der Waals surface area contributed by atoms with E-state index in [0.717, 1.165) is 18.3 Å². The molecule has 3 aliphatic carbocycles. The Balaban J connectivity index is 1.60. The smallest absolute Gasteiger partial charge is 0.330 e. The van der Waals surface area contributed by atoms with Gasteiger partial charge in [0.2, 0.25) is 0 Å². The van der Waals surface area contributed by atoms with Gasteiger partial charge < -0.3 is 9.47 Å². The minimum atomic E-state index is -0.275. The van der Waals surface area contributed by atoms with Gasteiger partial charge in [0.15, 0.2) is 0 Å². The van der Waals surface area contributed by atoms with E-state index in [9.17, 15) is 4.79 Å². The zero-order chi connectivity index (χ0) is 11.8. The molecular weight excluding hydrogens is 216 g/mol. The van der Waals surface area contributed by atoms with E-state index in [4.69, 9.17) is 9.47 Å². The molecule has 3 nitrogen and oxygen atoms in total. The molecule has 0 aromatic carbocycles. The van der Waals surface area contributed by atoms with Crippen LogP contribution in [-0.4, -0.2) is 23.8 Å². The van der Waals surface area contributed by atoms with E-state index in [1.54, 1.807) is 0 Å². The summed E-state index contributed by atoms with van der Waals surface area (Å²) in [6.07, 6.45) is 5.81. The standard InChI is InChI=1S/C14H18O3/c1-3-11(15)17-14(2)6-7-4-9(14)12-8(7)5-10-13(12)16-10/h3,7-10,12-13H,1,4-6H2,2H3. The molecule has 0 amide bonds. The van der Waals surface area contributed by atoms with Crippen molar-refractivity contribution in [3.05, 3.63) is 12.7 Å². The molecular formula is C14H18O3. The van der Waals surface area contributed by atoms with Crippen LogP contribution in [0.25, 0.3) is 0 Å². The van der Waals surface area contributed by atoms with Crippen LogP contribution in [0.4, 0.5) is 0 Å². The lowest BCUT2D eigenvalue weighted by Crippen LogP contribution is -2.44. The van der Waals surface area contributed by atoms with Crippen LogP contribution in [0.1, 0.15) is 26.2 Å². The molecule has 0 spiro atoms. The average Bonchev–Trinajstić information content (AvgIpc) is 2.67. The number of carbonyl (C=O) groups is 1. The van der Waals surface area contributed by atoms with Gasteiger partial charge >= 0.3 is 5.97 Å². The predicted octanol–water partition coefficient (Wildman–Crippen LogP) is 1.92. The van der Waals surface area contributed by atoms with E-state index in [0.29, 0.717) is 24.0 Å². The number of ether oxygens (including phenoxy) is 2. The first-order chi connectivity index (χ1) is 8.12. The van der Waals surface area contributed by atoms with Gasteiger partial charge in [-0.2, -0.15) is 0 Å². The van der Waals surface area contributed by atoms with Crippen LogP contribution in [0.3, 0.4) is 0 Å². The molecule has 0 aromatic rings. The molecule has 92 valence electrons. The van der Waals surface area contributed by atoms with E-state index in [2.05, 4.69) is 13.5 Å². The van der Waals surface area contributed by atoms with Gasteiger partial charge in [-0.25, -0.2) is 4.79 Å². The number of fused-ring (bicyclic) bond motifs is 7. The lowest BCUT2D eigenvalue weighted by molar-refractivity contribution is -0.161. The summed E-state index contributed by atoms with van der Waals surface area (Å²) in [5.41, 5.74) is -0.266. The highest BCUT2D eigenvalue weighted by molar-refractivity contribution is 5.81. The molecule has 0 N–H and O–H groups in total. The third-order valence-corrected chi connectivity index (χ3v) is 5.58. The van der Waals surface area contributed by atoms with Crippen molar-refractivity contribution >= 4 is 5.97 Å². The highest BCUT2D eigenvalue weighted by Gasteiger charge is 2.70. The normalized spacial score (nSPS) is 57.5. The van der Waals surface area contributed by atoms with Crippen LogP contribution in [-0.2, 0) is 14.3 Å². The fraction of sp³-hybridized carbons (Fsp3) is 0.786. The van der Waals surface area contributed by atoms with Crippen LogP contribution in [0.15, 0.2) is 12.7 Å². The lowest BCUT2D eigenvalue weighted by atomic mass is 9.73. The summed E-state index contributed by atoms with van der Waals surface area (Å²) in [6.45, 7) is 5.59. The van der Waals surface area contributed by atoms with Crippen molar-refractivity contribution in [1.29, 1.82) is 0 Å². The molecule has 7 unspecified atom stereocenters. The Morgan fingerprint density at radius 1 is 1.53 bits per heavy atom. The SMILES string of the molecule is C=CC(=O)OC1(C)CC2CC1C1C2CC2OC21. The summed E-state index contributed by atoms with van der Waals surface area (Å²) in [7, 11) is 0. The van der Waals surface area contributed by atoms with Gasteiger partial charge in [0.05, 0.1) is 12.2 Å². The fourth-order valence-corrected chi connectivity index (χ4v) is 5.00. The number of carbonyl (C=O) groups excluding carboxylic acids is 1. The number of hydrogen-bond acceptors (Lipinski definition) is 3. The zero-order valence-electron chi connectivity index (χ0n) is 10.1. The maximum Gasteiger partial charge on any atom is 0.330 e. The third kappa shape index (κ3) is 1.18. The van der Waals surface area contributed by atoms with E-state index < -0.39 is 0 Å². The monoisotopic (exact) mass is 234 g/mol. The van der Waals surface area contributed by atoms with Crippen LogP contribution in [0, 0.1) is 23.7 Å². The van der Waals surface area contributed by atoms with Crippen LogP contribution in [0.2, 0.25) is 0 Å². The quantitative estimate of drug-likeness (QED) is 0.416. The van der Waals surface area contributed by atoms with E-state index in [1.807, 2.05) is 0 Å². The molecule has 0 aromatic heterocycles. The van der Waals surface area contributed by atoms with Gasteiger partial charge in [0, 0.05) is 12.0 Å². The maximum atomic E-state index is 11.5. The number of esters is 1. The van der Waals surface area contributed by atoms with Gasteiger partial charge in [-0.1, -0.05) is 6.58 Å². The Kier molecular flexibility index (Phi) is 1.75. The second-order valence-electron chi connectivity index (χ2n) is 6.36. The second-order valence-corrected chi connectivity index (χ2v) is 6.36. The Morgan fingerprint density at radius 3 is 3.12 bits per heavy atom. The van der Waals surface area contributed by atoms with Crippen molar-refractivity contribution in [2.75, 3.05) is 0 Å². The molecule has 17 heavy (non-hydrogen) atoms. The molecule has 3 heteroatoms. The third-order valence-electron chi connectivity index (χ3n) is 5.58. The van der Waals surface area contributed by atoms with Crippen LogP contribution < -0.4 is 0 Å². The molecule has 1 saturated heterocycles. The lowest BCUT2D eigenvalue weighted by Gasteiger charge is -2.40. The maximum absolute atomic E-state index is 11.5. The largest absolute Gasteiger partial charge is 0.456 e. The van der Waals surface area contributed by atoms with E-state index in [-0.39, 0.29) is 11.6 Å². The van der Waals surface area contributed by atoms with Crippen molar-refractivity contribution in [3.63, 3.8) is 0 Å². The van der Waals surface area contributed by atoms with Gasteiger partial charge in [-0.05, 0) is 43.9 Å². The molecule has 3 saturated carbocycles. The average molecular weight is 234 g/mol. The Bertz CT molecular complexity index is 404. The summed E-state index contributed by atoms with van der Waals surface area (Å²) in [5.74, 6) is 2.49. The van der Waals surface area contributed by atoms with Crippen LogP contribution in [0.5, 0.6) is 0 Å². The minimum Gasteiger partial charge on any atom is -0.456 e. The highest BCUT2D eigenvalue weighted by Crippen LogP contribution is 2.67. The molecule has 4 aliphatic rings. The molecule has 2 bridgehead atoms. The van der Waals surface area contributed by atoms with Crippen molar-refractivity contribution in [2.24, 2.45) is 23.7 Å². The summed E-state index contributed by atoms with van der Waals surface area (Å²) in [6, 6.07) is 0. The summed E-state index contributed by atoms with van der Waals surface area (Å²) < 4.78 is 11.3. The number of rotatable bonds is 2. The Morgan fingerprint density at radius 2 is 2.35 bits per heavy atom. The van der Waals surface area contributed by atoms with Gasteiger partial charge in [0.25, 0.3) is 0 Å². The van der Waals surface area contributed by atoms with E-state index >= 15 is 0 Å². The molecule has 7 atom stereocenters. The predicted molar refractivity (Wildman–Crippen MR) is 61.2 cm³/mol. The second kappa shape index (κ2) is 2.94. The van der Waals surface area contributed by atoms with E-state index in [1.165, 1.54) is 18.9 Å². The zero-order valence-corrected chi connectivity index (χ0v) is 10.1. The minimum absolute atomic E-state index is 0.266. The van der Waals surface area contributed by atoms with Crippen molar-refractivity contribution < 1.29 is 14.3 Å². The Hall–Kier alpha value is -0.830. The topological polar surface area (TPSA) is 38.8 Å². The molecule has 4 rings (SSSR count). The molecule has 1 heterocycles. The van der Waals surface area contributed by atoms with Gasteiger partial charge in [-0.3, -0.25) is 0 Å². The Labute approximate surface area is 101 Å². The van der Waals surface area contributed by atoms with Crippen LogP contribution >= 0.6 is 0 Å². The summed E-state index contributed by atoms with van der Waals surface area (Å²) in [4.78, 5) is 11.5. The van der Waals surface area contributed by atoms with Gasteiger partial charge in [-0.15, -0.1) is 0 Å². The first-order valence-electron chi connectivity index (χ1n) is 6.63. The first-order valence-corrected chi connectivity index (χ1v) is 6.63. The molecule has 1 aliphatic heterocycles. The van der Waals surface area contributed by atoms with Gasteiger partial charge in [0.1, 0.15) is 5.60 Å². The summed E-state index contributed by atoms with van der Waals surface area (Å²) in [5, 5.41) is 0. The fourth-order valence-electron chi connectivity index (χ4n) is 5.00. The molecule has 4 fully saturated rings. The highest BCUT2D eigenvalue weighted by atomic mass is 16.6. The van der Waals surface area contributed by atoms with Crippen molar-refractivity contribution in [1.82, 2.24) is 0 Å². The van der Waals surface area contributed by atoms with Crippen molar-refractivity contribution in [3.8, 4) is 0 Å². The first kappa shape index (κ1) is 10.1. The molecule has 0 radical (unpaired) electrons. The number of epoxide rings is 1. The van der Waals surface area contributed by atoms with Crippen molar-refractivity contribution in [2.45, 2.75) is 44.0 Å². The summed E-state index contributed by atoms with van der Waals surface area (Å²) >= 11 is 0.